The van der Waals surface area contributed by atoms with E-state index in [1.54, 1.807) is 0 Å². The molecule has 0 aliphatic carbocycles. The van der Waals surface area contributed by atoms with Crippen LogP contribution in [0.5, 0.6) is 0 Å². The number of hydrogen-bond acceptors (Lipinski definition) is 2. The van der Waals surface area contributed by atoms with Gasteiger partial charge in [-0.05, 0) is 45.9 Å². The molecule has 2 heteroatoms. The molecule has 0 saturated carbocycles. The summed E-state index contributed by atoms with van der Waals surface area (Å²) in [4.78, 5) is 2.61. The number of piperidine rings is 1. The molecular formula is C15H36N2. The van der Waals surface area contributed by atoms with Crippen molar-refractivity contribution in [2.45, 2.75) is 72.8 Å². The topological polar surface area (TPSA) is 15.3 Å². The fraction of sp³-hybridized carbons (Fsp3) is 1.00. The van der Waals surface area contributed by atoms with Crippen LogP contribution in [0, 0.1) is 0 Å². The summed E-state index contributed by atoms with van der Waals surface area (Å²) in [7, 11) is 2.08. The molecule has 1 saturated heterocycles. The maximum absolute atomic E-state index is 3.37. The van der Waals surface area contributed by atoms with E-state index in [0.717, 1.165) is 6.04 Å². The second kappa shape index (κ2) is 15.9. The monoisotopic (exact) mass is 244 g/mol. The third kappa shape index (κ3) is 10.8. The van der Waals surface area contributed by atoms with Gasteiger partial charge in [0.15, 0.2) is 0 Å². The van der Waals surface area contributed by atoms with Crippen molar-refractivity contribution in [3.05, 3.63) is 0 Å². The molecule has 1 aliphatic rings. The van der Waals surface area contributed by atoms with Crippen molar-refractivity contribution in [1.29, 1.82) is 0 Å². The number of unbranched alkanes of at least 4 members (excludes halogenated alkanes) is 2. The Labute approximate surface area is 110 Å². The Morgan fingerprint density at radius 2 is 1.53 bits per heavy atom. The summed E-state index contributed by atoms with van der Waals surface area (Å²) in [6.07, 6.45) is 6.80. The van der Waals surface area contributed by atoms with Crippen LogP contribution in [-0.4, -0.2) is 37.6 Å². The van der Waals surface area contributed by atoms with Crippen molar-refractivity contribution >= 4 is 0 Å². The molecule has 1 fully saturated rings. The molecular weight excluding hydrogens is 208 g/mol. The Balaban J connectivity index is 0. The number of nitrogens with zero attached hydrogens (tertiary/aromatic N) is 1. The summed E-state index contributed by atoms with van der Waals surface area (Å²) in [6.45, 7) is 14.2. The summed E-state index contributed by atoms with van der Waals surface area (Å²) in [5.74, 6) is 0. The number of nitrogens with one attached hydrogen (secondary N) is 1. The minimum atomic E-state index is 0.780. The van der Waals surface area contributed by atoms with Crippen LogP contribution in [0.2, 0.25) is 0 Å². The number of rotatable bonds is 5. The minimum absolute atomic E-state index is 0.780. The fourth-order valence-corrected chi connectivity index (χ4v) is 2.03. The summed E-state index contributed by atoms with van der Waals surface area (Å²) in [6, 6.07) is 0.780. The van der Waals surface area contributed by atoms with E-state index in [0.29, 0.717) is 0 Å². The van der Waals surface area contributed by atoms with Gasteiger partial charge in [0, 0.05) is 6.04 Å². The van der Waals surface area contributed by atoms with Crippen LogP contribution in [0.4, 0.5) is 0 Å². The van der Waals surface area contributed by atoms with Crippen LogP contribution in [0.25, 0.3) is 0 Å². The highest BCUT2D eigenvalue weighted by Crippen LogP contribution is 2.10. The molecule has 17 heavy (non-hydrogen) atoms. The maximum Gasteiger partial charge on any atom is 0.00884 e. The van der Waals surface area contributed by atoms with Crippen LogP contribution >= 0.6 is 0 Å². The lowest BCUT2D eigenvalue weighted by Gasteiger charge is -2.31. The van der Waals surface area contributed by atoms with Crippen LogP contribution in [-0.2, 0) is 0 Å². The van der Waals surface area contributed by atoms with Crippen LogP contribution < -0.4 is 5.32 Å². The van der Waals surface area contributed by atoms with Crippen molar-refractivity contribution in [3.8, 4) is 0 Å². The first-order valence-electron chi connectivity index (χ1n) is 7.76. The first kappa shape index (κ1) is 19.3. The zero-order valence-electron chi connectivity index (χ0n) is 13.2. The summed E-state index contributed by atoms with van der Waals surface area (Å²) < 4.78 is 0. The fourth-order valence-electron chi connectivity index (χ4n) is 2.03. The van der Waals surface area contributed by atoms with Gasteiger partial charge < -0.3 is 10.2 Å². The van der Waals surface area contributed by atoms with E-state index in [1.165, 1.54) is 51.7 Å². The zero-order valence-corrected chi connectivity index (χ0v) is 13.2. The third-order valence-corrected chi connectivity index (χ3v) is 3.07. The summed E-state index contributed by atoms with van der Waals surface area (Å²) >= 11 is 0. The van der Waals surface area contributed by atoms with Gasteiger partial charge in [0.1, 0.15) is 0 Å². The molecule has 2 nitrogen and oxygen atoms in total. The van der Waals surface area contributed by atoms with E-state index in [2.05, 4.69) is 24.2 Å². The van der Waals surface area contributed by atoms with E-state index < -0.39 is 0 Å². The molecule has 1 heterocycles. The Hall–Kier alpha value is -0.0800. The average molecular weight is 244 g/mol. The molecule has 0 bridgehead atoms. The first-order chi connectivity index (χ1) is 8.36. The van der Waals surface area contributed by atoms with Crippen molar-refractivity contribution < 1.29 is 0 Å². The second-order valence-electron chi connectivity index (χ2n) is 4.11. The zero-order chi connectivity index (χ0) is 13.5. The van der Waals surface area contributed by atoms with Gasteiger partial charge in [-0.1, -0.05) is 47.5 Å². The van der Waals surface area contributed by atoms with Crippen molar-refractivity contribution in [1.82, 2.24) is 10.2 Å². The van der Waals surface area contributed by atoms with E-state index >= 15 is 0 Å². The van der Waals surface area contributed by atoms with Gasteiger partial charge in [0.05, 0.1) is 0 Å². The normalized spacial score (nSPS) is 16.6. The van der Waals surface area contributed by atoms with Gasteiger partial charge in [-0.15, -0.1) is 0 Å². The summed E-state index contributed by atoms with van der Waals surface area (Å²) in [5, 5.41) is 3.37. The molecule has 0 unspecified atom stereocenters. The number of likely N-dealkylation sites (tertiary alicyclic amines) is 1. The smallest absolute Gasteiger partial charge is 0.00884 e. The average Bonchev–Trinajstić information content (AvgIpc) is 2.44. The molecule has 1 rings (SSSR count). The molecule has 0 aromatic heterocycles. The van der Waals surface area contributed by atoms with Crippen molar-refractivity contribution in [2.75, 3.05) is 26.7 Å². The van der Waals surface area contributed by atoms with Gasteiger partial charge in [0.25, 0.3) is 0 Å². The van der Waals surface area contributed by atoms with Crippen molar-refractivity contribution in [3.63, 3.8) is 0 Å². The van der Waals surface area contributed by atoms with E-state index in [1.807, 2.05) is 27.7 Å². The van der Waals surface area contributed by atoms with E-state index in [9.17, 15) is 0 Å². The molecule has 0 amide bonds. The van der Waals surface area contributed by atoms with Gasteiger partial charge in [0.2, 0.25) is 0 Å². The lowest BCUT2D eigenvalue weighted by atomic mass is 10.1. The van der Waals surface area contributed by atoms with E-state index in [4.69, 9.17) is 0 Å². The lowest BCUT2D eigenvalue weighted by Crippen LogP contribution is -2.41. The van der Waals surface area contributed by atoms with Gasteiger partial charge in [-0.2, -0.15) is 0 Å². The minimum Gasteiger partial charge on any atom is -0.317 e. The van der Waals surface area contributed by atoms with Gasteiger partial charge in [-0.25, -0.2) is 0 Å². The van der Waals surface area contributed by atoms with Crippen LogP contribution in [0.3, 0.4) is 0 Å². The molecule has 106 valence electrons. The highest BCUT2D eigenvalue weighted by Gasteiger charge is 2.16. The Morgan fingerprint density at radius 3 is 1.94 bits per heavy atom. The predicted molar refractivity (Wildman–Crippen MR) is 80.7 cm³/mol. The van der Waals surface area contributed by atoms with Gasteiger partial charge >= 0.3 is 0 Å². The lowest BCUT2D eigenvalue weighted by molar-refractivity contribution is 0.198. The van der Waals surface area contributed by atoms with Crippen LogP contribution in [0.15, 0.2) is 0 Å². The standard InChI is InChI=1S/C11H24N2.2C2H6/c1-3-4-5-8-13-9-6-11(12-2)7-10-13;2*1-2/h11-12H,3-10H2,1-2H3;2*1-2H3. The third-order valence-electron chi connectivity index (χ3n) is 3.07. The molecule has 1 aliphatic heterocycles. The quantitative estimate of drug-likeness (QED) is 0.738. The molecule has 1 N–H and O–H groups in total. The molecule has 0 spiro atoms. The predicted octanol–water partition coefficient (Wildman–Crippen LogP) is 3.91. The van der Waals surface area contributed by atoms with Crippen molar-refractivity contribution in [2.24, 2.45) is 0 Å². The highest BCUT2D eigenvalue weighted by molar-refractivity contribution is 4.75. The summed E-state index contributed by atoms with van der Waals surface area (Å²) in [5.41, 5.74) is 0. The molecule has 0 aromatic rings. The second-order valence-corrected chi connectivity index (χ2v) is 4.11. The SMILES string of the molecule is CC.CC.CCCCCN1CCC(NC)CC1. The first-order valence-corrected chi connectivity index (χ1v) is 7.76. The Kier molecular flexibility index (Phi) is 18.0. The van der Waals surface area contributed by atoms with Crippen LogP contribution in [0.1, 0.15) is 66.7 Å². The maximum atomic E-state index is 3.37. The van der Waals surface area contributed by atoms with E-state index in [-0.39, 0.29) is 0 Å². The highest BCUT2D eigenvalue weighted by atomic mass is 15.1. The Morgan fingerprint density at radius 1 is 1.00 bits per heavy atom. The number of hydrogen-bond donors (Lipinski definition) is 1. The molecule has 0 radical (unpaired) electrons. The largest absolute Gasteiger partial charge is 0.317 e. The Bertz CT molecular complexity index is 115. The van der Waals surface area contributed by atoms with Gasteiger partial charge in [-0.3, -0.25) is 0 Å². The molecule has 0 atom stereocenters. The molecule has 0 aromatic carbocycles.